The summed E-state index contributed by atoms with van der Waals surface area (Å²) < 4.78 is 0. The Labute approximate surface area is 82.9 Å². The van der Waals surface area contributed by atoms with Crippen LogP contribution in [-0.4, -0.2) is 12.5 Å². The lowest BCUT2D eigenvalue weighted by Crippen LogP contribution is -2.23. The molecule has 0 heterocycles. The monoisotopic (exact) mass is 197 g/mol. The second-order valence-corrected chi connectivity index (χ2v) is 3.18. The van der Waals surface area contributed by atoms with Crippen molar-refractivity contribution in [3.05, 3.63) is 34.3 Å². The summed E-state index contributed by atoms with van der Waals surface area (Å²) in [6, 6.07) is 5.33. The first kappa shape index (κ1) is 10.1. The molecule has 2 nitrogen and oxygen atoms in total. The van der Waals surface area contributed by atoms with Crippen LogP contribution >= 0.6 is 11.6 Å². The fourth-order valence-corrected chi connectivity index (χ4v) is 1.28. The molecule has 0 bridgehead atoms. The van der Waals surface area contributed by atoms with Crippen LogP contribution in [-0.2, 0) is 0 Å². The first-order valence-corrected chi connectivity index (χ1v) is 4.58. The van der Waals surface area contributed by atoms with E-state index in [9.17, 15) is 4.79 Å². The van der Waals surface area contributed by atoms with E-state index >= 15 is 0 Å². The number of hydrogen-bond acceptors (Lipinski definition) is 1. The second kappa shape index (κ2) is 4.28. The SMILES string of the molecule is CCNC(=O)c1cccc(Cl)c1C. The van der Waals surface area contributed by atoms with E-state index < -0.39 is 0 Å². The summed E-state index contributed by atoms with van der Waals surface area (Å²) in [5.41, 5.74) is 1.48. The number of hydrogen-bond donors (Lipinski definition) is 1. The summed E-state index contributed by atoms with van der Waals surface area (Å²) in [4.78, 5) is 11.4. The van der Waals surface area contributed by atoms with Gasteiger partial charge in [-0.1, -0.05) is 17.7 Å². The highest BCUT2D eigenvalue weighted by molar-refractivity contribution is 6.31. The summed E-state index contributed by atoms with van der Waals surface area (Å²) >= 11 is 5.88. The quantitative estimate of drug-likeness (QED) is 0.775. The molecule has 3 heteroatoms. The molecule has 1 amide bonds. The molecule has 1 rings (SSSR count). The van der Waals surface area contributed by atoms with Gasteiger partial charge in [0.15, 0.2) is 0 Å². The van der Waals surface area contributed by atoms with Crippen molar-refractivity contribution in [3.63, 3.8) is 0 Å². The molecule has 0 radical (unpaired) electrons. The smallest absolute Gasteiger partial charge is 0.251 e. The molecule has 70 valence electrons. The van der Waals surface area contributed by atoms with Gasteiger partial charge in [-0.2, -0.15) is 0 Å². The maximum Gasteiger partial charge on any atom is 0.251 e. The molecule has 13 heavy (non-hydrogen) atoms. The zero-order valence-corrected chi connectivity index (χ0v) is 8.48. The number of carbonyl (C=O) groups excluding carboxylic acids is 1. The Kier molecular flexibility index (Phi) is 3.32. The number of halogens is 1. The van der Waals surface area contributed by atoms with E-state index in [0.717, 1.165) is 5.56 Å². The van der Waals surface area contributed by atoms with Gasteiger partial charge >= 0.3 is 0 Å². The number of amides is 1. The van der Waals surface area contributed by atoms with Crippen molar-refractivity contribution in [3.8, 4) is 0 Å². The molecule has 0 saturated heterocycles. The molecule has 0 aliphatic carbocycles. The van der Waals surface area contributed by atoms with E-state index in [4.69, 9.17) is 11.6 Å². The van der Waals surface area contributed by atoms with Crippen molar-refractivity contribution < 1.29 is 4.79 Å². The Balaban J connectivity index is 3.01. The fraction of sp³-hybridized carbons (Fsp3) is 0.300. The lowest BCUT2D eigenvalue weighted by molar-refractivity contribution is 0.0955. The van der Waals surface area contributed by atoms with E-state index in [0.29, 0.717) is 17.1 Å². The van der Waals surface area contributed by atoms with Crippen LogP contribution in [0.3, 0.4) is 0 Å². The Morgan fingerprint density at radius 2 is 2.23 bits per heavy atom. The molecule has 0 aliphatic rings. The highest BCUT2D eigenvalue weighted by Crippen LogP contribution is 2.18. The van der Waals surface area contributed by atoms with Gasteiger partial charge in [0, 0.05) is 17.1 Å². The van der Waals surface area contributed by atoms with Crippen molar-refractivity contribution in [1.29, 1.82) is 0 Å². The highest BCUT2D eigenvalue weighted by Gasteiger charge is 2.08. The highest BCUT2D eigenvalue weighted by atomic mass is 35.5. The Hall–Kier alpha value is -1.02. The van der Waals surface area contributed by atoms with Gasteiger partial charge in [0.05, 0.1) is 0 Å². The largest absolute Gasteiger partial charge is 0.352 e. The van der Waals surface area contributed by atoms with Gasteiger partial charge in [0.25, 0.3) is 5.91 Å². The number of nitrogens with one attached hydrogen (secondary N) is 1. The average molecular weight is 198 g/mol. The van der Waals surface area contributed by atoms with Crippen molar-refractivity contribution in [2.24, 2.45) is 0 Å². The summed E-state index contributed by atoms with van der Waals surface area (Å²) in [5.74, 6) is -0.0671. The van der Waals surface area contributed by atoms with E-state index in [1.807, 2.05) is 13.8 Å². The third kappa shape index (κ3) is 2.22. The molecule has 0 aliphatic heterocycles. The minimum Gasteiger partial charge on any atom is -0.352 e. The second-order valence-electron chi connectivity index (χ2n) is 2.77. The van der Waals surface area contributed by atoms with Crippen LogP contribution in [0.1, 0.15) is 22.8 Å². The minimum absolute atomic E-state index is 0.0671. The van der Waals surface area contributed by atoms with Crippen molar-refractivity contribution in [2.75, 3.05) is 6.54 Å². The van der Waals surface area contributed by atoms with Gasteiger partial charge in [-0.15, -0.1) is 0 Å². The Bertz CT molecular complexity index is 323. The summed E-state index contributed by atoms with van der Waals surface area (Å²) in [6.45, 7) is 4.36. The fourth-order valence-electron chi connectivity index (χ4n) is 1.11. The average Bonchev–Trinajstić information content (AvgIpc) is 2.10. The predicted octanol–water partition coefficient (Wildman–Crippen LogP) is 2.40. The van der Waals surface area contributed by atoms with Crippen LogP contribution < -0.4 is 5.32 Å². The number of carbonyl (C=O) groups is 1. The molecule has 0 spiro atoms. The van der Waals surface area contributed by atoms with Crippen molar-refractivity contribution in [2.45, 2.75) is 13.8 Å². The number of rotatable bonds is 2. The molecular weight excluding hydrogens is 186 g/mol. The maximum atomic E-state index is 11.4. The maximum absolute atomic E-state index is 11.4. The predicted molar refractivity (Wildman–Crippen MR) is 54.2 cm³/mol. The molecule has 0 fully saturated rings. The molecule has 0 aromatic heterocycles. The molecule has 1 aromatic rings. The van der Waals surface area contributed by atoms with Crippen LogP contribution in [0.4, 0.5) is 0 Å². The summed E-state index contributed by atoms with van der Waals surface area (Å²) in [5, 5.41) is 3.36. The van der Waals surface area contributed by atoms with Gasteiger partial charge in [-0.05, 0) is 31.5 Å². The zero-order valence-electron chi connectivity index (χ0n) is 7.73. The van der Waals surface area contributed by atoms with E-state index in [1.165, 1.54) is 0 Å². The third-order valence-electron chi connectivity index (χ3n) is 1.85. The molecule has 1 aromatic carbocycles. The van der Waals surface area contributed by atoms with Gasteiger partial charge < -0.3 is 5.32 Å². The van der Waals surface area contributed by atoms with E-state index in [2.05, 4.69) is 5.32 Å². The summed E-state index contributed by atoms with van der Waals surface area (Å²) in [7, 11) is 0. The van der Waals surface area contributed by atoms with Gasteiger partial charge in [-0.25, -0.2) is 0 Å². The molecule has 0 unspecified atom stereocenters. The van der Waals surface area contributed by atoms with Crippen LogP contribution in [0.25, 0.3) is 0 Å². The first-order valence-electron chi connectivity index (χ1n) is 4.20. The van der Waals surface area contributed by atoms with Gasteiger partial charge in [0.2, 0.25) is 0 Å². The molecule has 1 N–H and O–H groups in total. The first-order chi connectivity index (χ1) is 6.16. The topological polar surface area (TPSA) is 29.1 Å². The lowest BCUT2D eigenvalue weighted by atomic mass is 10.1. The van der Waals surface area contributed by atoms with Crippen LogP contribution in [0, 0.1) is 6.92 Å². The van der Waals surface area contributed by atoms with E-state index in [-0.39, 0.29) is 5.91 Å². The minimum atomic E-state index is -0.0671. The van der Waals surface area contributed by atoms with E-state index in [1.54, 1.807) is 18.2 Å². The Morgan fingerprint density at radius 3 is 2.85 bits per heavy atom. The van der Waals surface area contributed by atoms with Crippen LogP contribution in [0.15, 0.2) is 18.2 Å². The van der Waals surface area contributed by atoms with Crippen LogP contribution in [0.2, 0.25) is 5.02 Å². The third-order valence-corrected chi connectivity index (χ3v) is 2.26. The Morgan fingerprint density at radius 1 is 1.54 bits per heavy atom. The molecular formula is C10H12ClNO. The van der Waals surface area contributed by atoms with Gasteiger partial charge in [-0.3, -0.25) is 4.79 Å². The normalized spacial score (nSPS) is 9.77. The zero-order chi connectivity index (χ0) is 9.84. The standard InChI is InChI=1S/C10H12ClNO/c1-3-12-10(13)8-5-4-6-9(11)7(8)2/h4-6H,3H2,1-2H3,(H,12,13). The number of benzene rings is 1. The van der Waals surface area contributed by atoms with Crippen LogP contribution in [0.5, 0.6) is 0 Å². The van der Waals surface area contributed by atoms with Gasteiger partial charge in [0.1, 0.15) is 0 Å². The lowest BCUT2D eigenvalue weighted by Gasteiger charge is -2.06. The van der Waals surface area contributed by atoms with Crippen molar-refractivity contribution in [1.82, 2.24) is 5.32 Å². The molecule has 0 saturated carbocycles. The van der Waals surface area contributed by atoms with Crippen molar-refractivity contribution >= 4 is 17.5 Å². The molecule has 0 atom stereocenters. The summed E-state index contributed by atoms with van der Waals surface area (Å²) in [6.07, 6.45) is 0.